The fourth-order valence-corrected chi connectivity index (χ4v) is 2.04. The van der Waals surface area contributed by atoms with Gasteiger partial charge in [-0.2, -0.15) is 0 Å². The smallest absolute Gasteiger partial charge is 0.195 e. The van der Waals surface area contributed by atoms with Crippen molar-refractivity contribution in [2.45, 2.75) is 0 Å². The van der Waals surface area contributed by atoms with E-state index in [1.807, 2.05) is 4.90 Å². The van der Waals surface area contributed by atoms with Gasteiger partial charge in [0, 0.05) is 26.2 Å². The molecule has 1 aliphatic rings. The van der Waals surface area contributed by atoms with Crippen molar-refractivity contribution in [2.24, 2.45) is 0 Å². The zero-order valence-corrected chi connectivity index (χ0v) is 9.77. The number of piperazine rings is 1. The Balaban J connectivity index is 1.98. The van der Waals surface area contributed by atoms with E-state index in [4.69, 9.17) is 4.42 Å². The van der Waals surface area contributed by atoms with Crippen LogP contribution in [-0.4, -0.2) is 36.1 Å². The molecule has 0 unspecified atom stereocenters. The second-order valence-electron chi connectivity index (χ2n) is 4.07. The minimum absolute atomic E-state index is 0.212. The first-order valence-corrected chi connectivity index (χ1v) is 5.86. The van der Waals surface area contributed by atoms with Crippen molar-refractivity contribution in [2.75, 3.05) is 31.1 Å². The molecule has 0 bridgehead atoms. The SMILES string of the molecule is Fc1c(-c2ccco2)ncnc1N1CCNCC1. The summed E-state index contributed by atoms with van der Waals surface area (Å²) in [4.78, 5) is 9.91. The Hall–Kier alpha value is -1.95. The highest BCUT2D eigenvalue weighted by atomic mass is 19.1. The van der Waals surface area contributed by atoms with Crippen molar-refractivity contribution in [1.29, 1.82) is 0 Å². The fraction of sp³-hybridized carbons (Fsp3) is 0.333. The van der Waals surface area contributed by atoms with Crippen LogP contribution in [0.1, 0.15) is 0 Å². The molecule has 3 rings (SSSR count). The molecule has 0 aliphatic carbocycles. The largest absolute Gasteiger partial charge is 0.463 e. The lowest BCUT2D eigenvalue weighted by Gasteiger charge is -2.28. The Bertz CT molecular complexity index is 523. The zero-order chi connectivity index (χ0) is 12.4. The predicted octanol–water partition coefficient (Wildman–Crippen LogP) is 1.29. The number of furan rings is 1. The van der Waals surface area contributed by atoms with Crippen LogP contribution in [0.2, 0.25) is 0 Å². The molecule has 0 spiro atoms. The molecule has 1 N–H and O–H groups in total. The van der Waals surface area contributed by atoms with Crippen LogP contribution in [0.15, 0.2) is 29.1 Å². The summed E-state index contributed by atoms with van der Waals surface area (Å²) in [6.07, 6.45) is 2.87. The number of nitrogens with one attached hydrogen (secondary N) is 1. The van der Waals surface area contributed by atoms with Crippen molar-refractivity contribution in [3.63, 3.8) is 0 Å². The Morgan fingerprint density at radius 2 is 2.11 bits per heavy atom. The van der Waals surface area contributed by atoms with Crippen molar-refractivity contribution in [1.82, 2.24) is 15.3 Å². The lowest BCUT2D eigenvalue weighted by Crippen LogP contribution is -2.44. The van der Waals surface area contributed by atoms with E-state index in [-0.39, 0.29) is 5.69 Å². The summed E-state index contributed by atoms with van der Waals surface area (Å²) >= 11 is 0. The highest BCUT2D eigenvalue weighted by Gasteiger charge is 2.20. The highest BCUT2D eigenvalue weighted by molar-refractivity contribution is 5.58. The maximum atomic E-state index is 14.4. The Labute approximate surface area is 104 Å². The van der Waals surface area contributed by atoms with Gasteiger partial charge in [-0.1, -0.05) is 0 Å². The molecule has 2 aromatic heterocycles. The van der Waals surface area contributed by atoms with Crippen molar-refractivity contribution < 1.29 is 8.81 Å². The summed E-state index contributed by atoms with van der Waals surface area (Å²) in [6.45, 7) is 3.15. The molecule has 0 amide bonds. The summed E-state index contributed by atoms with van der Waals surface area (Å²) in [5, 5.41) is 3.22. The topological polar surface area (TPSA) is 54.2 Å². The Kier molecular flexibility index (Phi) is 2.93. The number of hydrogen-bond donors (Lipinski definition) is 1. The molecule has 0 aromatic carbocycles. The summed E-state index contributed by atoms with van der Waals surface area (Å²) < 4.78 is 19.6. The van der Waals surface area contributed by atoms with Gasteiger partial charge in [-0.25, -0.2) is 14.4 Å². The van der Waals surface area contributed by atoms with Gasteiger partial charge in [-0.3, -0.25) is 0 Å². The molecule has 2 aromatic rings. The van der Waals surface area contributed by atoms with Crippen LogP contribution in [0.5, 0.6) is 0 Å². The van der Waals surface area contributed by atoms with Crippen LogP contribution in [0.3, 0.4) is 0 Å². The van der Waals surface area contributed by atoms with Gasteiger partial charge in [0.15, 0.2) is 17.4 Å². The third-order valence-electron chi connectivity index (χ3n) is 2.94. The summed E-state index contributed by atoms with van der Waals surface area (Å²) in [5.74, 6) is 0.346. The van der Waals surface area contributed by atoms with E-state index in [0.717, 1.165) is 26.2 Å². The molecule has 1 fully saturated rings. The van der Waals surface area contributed by atoms with E-state index in [9.17, 15) is 4.39 Å². The Morgan fingerprint density at radius 3 is 2.83 bits per heavy atom. The number of halogens is 1. The van der Waals surface area contributed by atoms with Gasteiger partial charge < -0.3 is 14.6 Å². The number of rotatable bonds is 2. The fourth-order valence-electron chi connectivity index (χ4n) is 2.04. The van der Waals surface area contributed by atoms with Gasteiger partial charge in [0.2, 0.25) is 0 Å². The molecule has 0 saturated carbocycles. The third kappa shape index (κ3) is 1.95. The number of anilines is 1. The van der Waals surface area contributed by atoms with Gasteiger partial charge in [0.25, 0.3) is 0 Å². The molecular formula is C12H13FN4O. The molecule has 0 atom stereocenters. The van der Waals surface area contributed by atoms with E-state index in [0.29, 0.717) is 11.6 Å². The lowest BCUT2D eigenvalue weighted by molar-refractivity contribution is 0.544. The summed E-state index contributed by atoms with van der Waals surface area (Å²) in [6, 6.07) is 3.40. The molecule has 3 heterocycles. The number of nitrogens with zero attached hydrogens (tertiary/aromatic N) is 3. The zero-order valence-electron chi connectivity index (χ0n) is 9.77. The van der Waals surface area contributed by atoms with Crippen molar-refractivity contribution in [3.8, 4) is 11.5 Å². The average Bonchev–Trinajstić information content (AvgIpc) is 2.94. The minimum Gasteiger partial charge on any atom is -0.463 e. The van der Waals surface area contributed by atoms with E-state index in [1.54, 1.807) is 12.1 Å². The molecule has 0 radical (unpaired) electrons. The van der Waals surface area contributed by atoms with Crippen LogP contribution in [0.4, 0.5) is 10.2 Å². The van der Waals surface area contributed by atoms with E-state index in [2.05, 4.69) is 15.3 Å². The first-order chi connectivity index (χ1) is 8.86. The van der Waals surface area contributed by atoms with E-state index < -0.39 is 5.82 Å². The lowest BCUT2D eigenvalue weighted by atomic mass is 10.2. The molecular weight excluding hydrogens is 235 g/mol. The van der Waals surface area contributed by atoms with Crippen LogP contribution in [-0.2, 0) is 0 Å². The molecule has 1 saturated heterocycles. The van der Waals surface area contributed by atoms with E-state index >= 15 is 0 Å². The van der Waals surface area contributed by atoms with Crippen LogP contribution in [0, 0.1) is 5.82 Å². The normalized spacial score (nSPS) is 15.9. The van der Waals surface area contributed by atoms with Crippen LogP contribution >= 0.6 is 0 Å². The molecule has 1 aliphatic heterocycles. The van der Waals surface area contributed by atoms with Crippen LogP contribution < -0.4 is 10.2 Å². The predicted molar refractivity (Wildman–Crippen MR) is 64.8 cm³/mol. The maximum Gasteiger partial charge on any atom is 0.195 e. The number of aromatic nitrogens is 2. The molecule has 5 nitrogen and oxygen atoms in total. The standard InChI is InChI=1S/C12H13FN4O/c13-10-11(9-2-1-7-18-9)15-8-16-12(10)17-5-3-14-4-6-17/h1-2,7-8,14H,3-6H2. The second-order valence-corrected chi connectivity index (χ2v) is 4.07. The minimum atomic E-state index is -0.422. The first kappa shape index (κ1) is 11.2. The maximum absolute atomic E-state index is 14.4. The summed E-state index contributed by atoms with van der Waals surface area (Å²) in [5.41, 5.74) is 0.212. The highest BCUT2D eigenvalue weighted by Crippen LogP contribution is 2.26. The molecule has 18 heavy (non-hydrogen) atoms. The van der Waals surface area contributed by atoms with Gasteiger partial charge in [-0.15, -0.1) is 0 Å². The monoisotopic (exact) mass is 248 g/mol. The van der Waals surface area contributed by atoms with Gasteiger partial charge in [-0.05, 0) is 12.1 Å². The quantitative estimate of drug-likeness (QED) is 0.867. The number of hydrogen-bond acceptors (Lipinski definition) is 5. The second kappa shape index (κ2) is 4.73. The average molecular weight is 248 g/mol. The Morgan fingerprint density at radius 1 is 1.28 bits per heavy atom. The van der Waals surface area contributed by atoms with E-state index in [1.165, 1.54) is 12.6 Å². The summed E-state index contributed by atoms with van der Waals surface area (Å²) in [7, 11) is 0. The first-order valence-electron chi connectivity index (χ1n) is 5.86. The van der Waals surface area contributed by atoms with Crippen molar-refractivity contribution in [3.05, 3.63) is 30.5 Å². The van der Waals surface area contributed by atoms with Gasteiger partial charge >= 0.3 is 0 Å². The van der Waals surface area contributed by atoms with Crippen LogP contribution in [0.25, 0.3) is 11.5 Å². The molecule has 94 valence electrons. The molecule has 6 heteroatoms. The van der Waals surface area contributed by atoms with Gasteiger partial charge in [0.1, 0.15) is 12.0 Å². The third-order valence-corrected chi connectivity index (χ3v) is 2.94. The van der Waals surface area contributed by atoms with Crippen molar-refractivity contribution >= 4 is 5.82 Å². The van der Waals surface area contributed by atoms with Gasteiger partial charge in [0.05, 0.1) is 6.26 Å².